The molecule has 1 heterocycles. The van der Waals surface area contributed by atoms with Gasteiger partial charge < -0.3 is 4.52 Å². The highest BCUT2D eigenvalue weighted by molar-refractivity contribution is 7.98. The number of hydrogen-bond acceptors (Lipinski definition) is 4. The summed E-state index contributed by atoms with van der Waals surface area (Å²) in [6.07, 6.45) is 0. The molecule has 1 aromatic heterocycles. The van der Waals surface area contributed by atoms with Crippen LogP contribution in [0, 0.1) is 6.92 Å². The van der Waals surface area contributed by atoms with E-state index in [0.29, 0.717) is 17.5 Å². The number of halogens is 1. The van der Waals surface area contributed by atoms with E-state index in [1.54, 1.807) is 18.7 Å². The van der Waals surface area contributed by atoms with Crippen LogP contribution in [0.3, 0.4) is 0 Å². The summed E-state index contributed by atoms with van der Waals surface area (Å²) in [6, 6.07) is 7.69. The van der Waals surface area contributed by atoms with Gasteiger partial charge in [0.1, 0.15) is 0 Å². The molecule has 0 atom stereocenters. The van der Waals surface area contributed by atoms with Gasteiger partial charge in [0.15, 0.2) is 5.82 Å². The van der Waals surface area contributed by atoms with Crippen LogP contribution in [-0.4, -0.2) is 10.1 Å². The van der Waals surface area contributed by atoms with Crippen molar-refractivity contribution in [3.05, 3.63) is 41.0 Å². The minimum Gasteiger partial charge on any atom is -0.338 e. The molecule has 0 saturated carbocycles. The maximum absolute atomic E-state index is 6.01. The maximum atomic E-state index is 6.01. The third-order valence-electron chi connectivity index (χ3n) is 1.76. The molecule has 0 unspecified atom stereocenters. The Morgan fingerprint density at radius 3 is 2.87 bits per heavy atom. The van der Waals surface area contributed by atoms with Gasteiger partial charge in [0, 0.05) is 4.90 Å². The lowest BCUT2D eigenvalue weighted by atomic mass is 10.4. The van der Waals surface area contributed by atoms with E-state index in [1.165, 1.54) is 0 Å². The van der Waals surface area contributed by atoms with Crippen LogP contribution in [0.1, 0.15) is 11.7 Å². The number of hydrogen-bond donors (Lipinski definition) is 0. The second-order valence-electron chi connectivity index (χ2n) is 2.95. The van der Waals surface area contributed by atoms with Gasteiger partial charge in [0.25, 0.3) is 0 Å². The fourth-order valence-corrected chi connectivity index (χ4v) is 2.18. The molecule has 1 aromatic carbocycles. The summed E-state index contributed by atoms with van der Waals surface area (Å²) < 4.78 is 5.00. The van der Waals surface area contributed by atoms with Crippen LogP contribution >= 0.6 is 23.4 Å². The topological polar surface area (TPSA) is 38.9 Å². The van der Waals surface area contributed by atoms with Gasteiger partial charge in [-0.05, 0) is 19.1 Å². The van der Waals surface area contributed by atoms with Crippen molar-refractivity contribution < 1.29 is 4.52 Å². The number of nitrogens with zero attached hydrogens (tertiary/aromatic N) is 2. The third kappa shape index (κ3) is 2.73. The number of rotatable bonds is 3. The quantitative estimate of drug-likeness (QED) is 0.772. The van der Waals surface area contributed by atoms with Gasteiger partial charge in [0.2, 0.25) is 5.89 Å². The standard InChI is InChI=1S/C10H9ClN2OS/c1-7-12-10(14-13-7)6-15-9-5-3-2-4-8(9)11/h2-5H,6H2,1H3. The van der Waals surface area contributed by atoms with Crippen LogP contribution in [0.5, 0.6) is 0 Å². The van der Waals surface area contributed by atoms with Crippen molar-refractivity contribution in [2.75, 3.05) is 0 Å². The Labute approximate surface area is 96.8 Å². The van der Waals surface area contributed by atoms with Crippen LogP contribution in [0.15, 0.2) is 33.7 Å². The van der Waals surface area contributed by atoms with Crippen molar-refractivity contribution in [2.24, 2.45) is 0 Å². The molecule has 0 N–H and O–H groups in total. The molecule has 0 aliphatic carbocycles. The summed E-state index contributed by atoms with van der Waals surface area (Å²) in [5, 5.41) is 4.47. The second kappa shape index (κ2) is 4.68. The summed E-state index contributed by atoms with van der Waals surface area (Å²) in [5.74, 6) is 1.92. The predicted molar refractivity (Wildman–Crippen MR) is 60.0 cm³/mol. The monoisotopic (exact) mass is 240 g/mol. The summed E-state index contributed by atoms with van der Waals surface area (Å²) in [6.45, 7) is 1.80. The summed E-state index contributed by atoms with van der Waals surface area (Å²) in [4.78, 5) is 5.14. The maximum Gasteiger partial charge on any atom is 0.236 e. The van der Waals surface area contributed by atoms with Crippen molar-refractivity contribution in [1.29, 1.82) is 0 Å². The van der Waals surface area contributed by atoms with Gasteiger partial charge in [-0.25, -0.2) is 0 Å². The van der Waals surface area contributed by atoms with E-state index in [-0.39, 0.29) is 0 Å². The van der Waals surface area contributed by atoms with Gasteiger partial charge in [-0.3, -0.25) is 0 Å². The van der Waals surface area contributed by atoms with Crippen LogP contribution < -0.4 is 0 Å². The zero-order valence-corrected chi connectivity index (χ0v) is 9.68. The van der Waals surface area contributed by atoms with Crippen LogP contribution in [0.4, 0.5) is 0 Å². The first-order chi connectivity index (χ1) is 7.25. The first-order valence-electron chi connectivity index (χ1n) is 4.42. The molecule has 0 fully saturated rings. The molecular formula is C10H9ClN2OS. The second-order valence-corrected chi connectivity index (χ2v) is 4.38. The van der Waals surface area contributed by atoms with E-state index in [2.05, 4.69) is 10.1 Å². The van der Waals surface area contributed by atoms with Gasteiger partial charge >= 0.3 is 0 Å². The molecule has 0 amide bonds. The van der Waals surface area contributed by atoms with E-state index < -0.39 is 0 Å². The highest BCUT2D eigenvalue weighted by atomic mass is 35.5. The summed E-state index contributed by atoms with van der Waals surface area (Å²) >= 11 is 7.59. The highest BCUT2D eigenvalue weighted by Crippen LogP contribution is 2.28. The zero-order chi connectivity index (χ0) is 10.7. The molecule has 2 rings (SSSR count). The van der Waals surface area contributed by atoms with E-state index in [4.69, 9.17) is 16.1 Å². The molecule has 15 heavy (non-hydrogen) atoms. The average molecular weight is 241 g/mol. The van der Waals surface area contributed by atoms with Gasteiger partial charge in [0.05, 0.1) is 10.8 Å². The summed E-state index contributed by atoms with van der Waals surface area (Å²) in [5.41, 5.74) is 0. The largest absolute Gasteiger partial charge is 0.338 e. The molecular weight excluding hydrogens is 232 g/mol. The third-order valence-corrected chi connectivity index (χ3v) is 3.26. The molecule has 3 nitrogen and oxygen atoms in total. The first kappa shape index (κ1) is 10.5. The molecule has 2 aromatic rings. The zero-order valence-electron chi connectivity index (χ0n) is 8.11. The lowest BCUT2D eigenvalue weighted by Crippen LogP contribution is -1.81. The van der Waals surface area contributed by atoms with E-state index >= 15 is 0 Å². The Hall–Kier alpha value is -1.00. The Morgan fingerprint density at radius 2 is 2.20 bits per heavy atom. The Bertz CT molecular complexity index is 458. The van der Waals surface area contributed by atoms with E-state index in [0.717, 1.165) is 9.92 Å². The lowest BCUT2D eigenvalue weighted by molar-refractivity contribution is 0.387. The molecule has 5 heteroatoms. The smallest absolute Gasteiger partial charge is 0.236 e. The first-order valence-corrected chi connectivity index (χ1v) is 5.78. The van der Waals surface area contributed by atoms with Crippen molar-refractivity contribution in [3.8, 4) is 0 Å². The number of aromatic nitrogens is 2. The SMILES string of the molecule is Cc1noc(CSc2ccccc2Cl)n1. The highest BCUT2D eigenvalue weighted by Gasteiger charge is 2.05. The van der Waals surface area contributed by atoms with Gasteiger partial charge in [-0.15, -0.1) is 11.8 Å². The minimum absolute atomic E-state index is 0.623. The van der Waals surface area contributed by atoms with E-state index in [1.807, 2.05) is 24.3 Å². The van der Waals surface area contributed by atoms with Crippen LogP contribution in [0.25, 0.3) is 0 Å². The van der Waals surface area contributed by atoms with Crippen molar-refractivity contribution in [2.45, 2.75) is 17.6 Å². The lowest BCUT2D eigenvalue weighted by Gasteiger charge is -2.00. The Morgan fingerprint density at radius 1 is 1.40 bits per heavy atom. The predicted octanol–water partition coefficient (Wildman–Crippen LogP) is 3.32. The molecule has 78 valence electrons. The van der Waals surface area contributed by atoms with Gasteiger partial charge in [-0.2, -0.15) is 4.98 Å². The molecule has 0 saturated heterocycles. The molecule has 0 bridgehead atoms. The number of aryl methyl sites for hydroxylation is 1. The summed E-state index contributed by atoms with van der Waals surface area (Å²) in [7, 11) is 0. The normalized spacial score (nSPS) is 10.5. The fraction of sp³-hybridized carbons (Fsp3) is 0.200. The van der Waals surface area contributed by atoms with Crippen molar-refractivity contribution in [3.63, 3.8) is 0 Å². The van der Waals surface area contributed by atoms with Crippen LogP contribution in [-0.2, 0) is 5.75 Å². The van der Waals surface area contributed by atoms with Crippen molar-refractivity contribution in [1.82, 2.24) is 10.1 Å². The minimum atomic E-state index is 0.623. The Kier molecular flexibility index (Phi) is 3.28. The van der Waals surface area contributed by atoms with Crippen molar-refractivity contribution >= 4 is 23.4 Å². The number of thioether (sulfide) groups is 1. The molecule has 0 aliphatic heterocycles. The molecule has 0 radical (unpaired) electrons. The molecule has 0 spiro atoms. The molecule has 0 aliphatic rings. The van der Waals surface area contributed by atoms with E-state index in [9.17, 15) is 0 Å². The number of benzene rings is 1. The van der Waals surface area contributed by atoms with Crippen LogP contribution in [0.2, 0.25) is 5.02 Å². The fourth-order valence-electron chi connectivity index (χ4n) is 1.10. The van der Waals surface area contributed by atoms with Gasteiger partial charge in [-0.1, -0.05) is 28.9 Å². The average Bonchev–Trinajstić information content (AvgIpc) is 2.63. The Balaban J connectivity index is 2.02.